The first kappa shape index (κ1) is 18.0. The fourth-order valence-electron chi connectivity index (χ4n) is 5.65. The summed E-state index contributed by atoms with van der Waals surface area (Å²) in [4.78, 5) is 17.9. The van der Waals surface area contributed by atoms with E-state index in [0.29, 0.717) is 17.9 Å². The molecule has 30 heavy (non-hydrogen) atoms. The maximum absolute atomic E-state index is 13.1. The van der Waals surface area contributed by atoms with Gasteiger partial charge in [0, 0.05) is 37.3 Å². The zero-order chi connectivity index (χ0) is 20.1. The van der Waals surface area contributed by atoms with E-state index in [2.05, 4.69) is 76.5 Å². The molecule has 1 saturated carbocycles. The second kappa shape index (κ2) is 7.16. The van der Waals surface area contributed by atoms with Gasteiger partial charge in [0.15, 0.2) is 0 Å². The maximum Gasteiger partial charge on any atom is 0.226 e. The highest BCUT2D eigenvalue weighted by atomic mass is 16.2. The number of carbonyl (C=O) groups is 1. The molecule has 2 fully saturated rings. The molecule has 3 aromatic rings. The lowest BCUT2D eigenvalue weighted by Gasteiger charge is -2.38. The number of likely N-dealkylation sites (tertiary alicyclic amines) is 1. The second-order valence-corrected chi connectivity index (χ2v) is 9.18. The van der Waals surface area contributed by atoms with Crippen molar-refractivity contribution < 1.29 is 4.79 Å². The second-order valence-electron chi connectivity index (χ2n) is 9.18. The van der Waals surface area contributed by atoms with Gasteiger partial charge in [0.1, 0.15) is 0 Å². The van der Waals surface area contributed by atoms with Crippen molar-refractivity contribution in [2.75, 3.05) is 24.5 Å². The van der Waals surface area contributed by atoms with Crippen molar-refractivity contribution in [2.24, 2.45) is 5.92 Å². The Morgan fingerprint density at radius 2 is 1.60 bits per heavy atom. The molecule has 3 aliphatic rings. The SMILES string of the molecule is O=C(C1CC1c1ccc2ccccc2c1)N1CCC(N2CCc3ccccc32)CC1. The predicted molar refractivity (Wildman–Crippen MR) is 122 cm³/mol. The number of benzene rings is 3. The molecular formula is C27H28N2O. The van der Waals surface area contributed by atoms with Gasteiger partial charge in [0.2, 0.25) is 5.91 Å². The molecular weight excluding hydrogens is 368 g/mol. The molecule has 2 heterocycles. The first-order chi connectivity index (χ1) is 14.8. The van der Waals surface area contributed by atoms with Gasteiger partial charge in [0.05, 0.1) is 0 Å². The van der Waals surface area contributed by atoms with Gasteiger partial charge < -0.3 is 9.80 Å². The smallest absolute Gasteiger partial charge is 0.226 e. The third kappa shape index (κ3) is 3.08. The Morgan fingerprint density at radius 1 is 0.833 bits per heavy atom. The Bertz CT molecular complexity index is 1100. The number of anilines is 1. The van der Waals surface area contributed by atoms with Gasteiger partial charge in [-0.2, -0.15) is 0 Å². The van der Waals surface area contributed by atoms with Crippen molar-refractivity contribution >= 4 is 22.4 Å². The van der Waals surface area contributed by atoms with Crippen LogP contribution in [0.3, 0.4) is 0 Å². The van der Waals surface area contributed by atoms with Crippen molar-refractivity contribution in [2.45, 2.75) is 37.6 Å². The van der Waals surface area contributed by atoms with Crippen molar-refractivity contribution in [1.82, 2.24) is 4.90 Å². The van der Waals surface area contributed by atoms with E-state index in [1.54, 1.807) is 0 Å². The van der Waals surface area contributed by atoms with Crippen molar-refractivity contribution in [3.8, 4) is 0 Å². The molecule has 2 atom stereocenters. The standard InChI is InChI=1S/C27H28N2O/c30-27(25-18-24(25)22-10-9-19-5-1-2-7-21(19)17-22)28-14-12-23(13-15-28)29-16-11-20-6-3-4-8-26(20)29/h1-10,17,23-25H,11-16,18H2. The van der Waals surface area contributed by atoms with Crippen molar-refractivity contribution in [1.29, 1.82) is 0 Å². The molecule has 152 valence electrons. The van der Waals surface area contributed by atoms with E-state index in [4.69, 9.17) is 0 Å². The molecule has 2 unspecified atom stereocenters. The maximum atomic E-state index is 13.1. The normalized spacial score (nSPS) is 23.6. The lowest BCUT2D eigenvalue weighted by atomic mass is 10.0. The van der Waals surface area contributed by atoms with Crippen molar-refractivity contribution in [3.63, 3.8) is 0 Å². The number of para-hydroxylation sites is 1. The van der Waals surface area contributed by atoms with Gasteiger partial charge in [0.25, 0.3) is 0 Å². The number of hydrogen-bond acceptors (Lipinski definition) is 2. The molecule has 0 spiro atoms. The van der Waals surface area contributed by atoms with E-state index in [0.717, 1.165) is 45.3 Å². The molecule has 0 bridgehead atoms. The summed E-state index contributed by atoms with van der Waals surface area (Å²) in [5.41, 5.74) is 4.23. The number of fused-ring (bicyclic) bond motifs is 2. The van der Waals surface area contributed by atoms with E-state index in [1.165, 1.54) is 27.6 Å². The summed E-state index contributed by atoms with van der Waals surface area (Å²) in [5, 5.41) is 2.55. The van der Waals surface area contributed by atoms with Crippen LogP contribution in [0.25, 0.3) is 10.8 Å². The first-order valence-electron chi connectivity index (χ1n) is 11.4. The molecule has 0 radical (unpaired) electrons. The van der Waals surface area contributed by atoms with Crippen LogP contribution >= 0.6 is 0 Å². The zero-order valence-corrected chi connectivity index (χ0v) is 17.3. The number of amides is 1. The summed E-state index contributed by atoms with van der Waals surface area (Å²) in [6, 6.07) is 24.6. The van der Waals surface area contributed by atoms with Crippen LogP contribution < -0.4 is 4.90 Å². The van der Waals surface area contributed by atoms with Crippen LogP contribution in [-0.2, 0) is 11.2 Å². The average Bonchev–Trinajstić information content (AvgIpc) is 3.50. The first-order valence-corrected chi connectivity index (χ1v) is 11.4. The summed E-state index contributed by atoms with van der Waals surface area (Å²) in [6.45, 7) is 2.94. The van der Waals surface area contributed by atoms with Gasteiger partial charge in [-0.25, -0.2) is 0 Å². The Labute approximate surface area is 178 Å². The molecule has 1 saturated heterocycles. The Hall–Kier alpha value is -2.81. The molecule has 3 nitrogen and oxygen atoms in total. The summed E-state index contributed by atoms with van der Waals surface area (Å²) < 4.78 is 0. The van der Waals surface area contributed by atoms with Crippen LogP contribution in [0.1, 0.15) is 36.3 Å². The number of hydrogen-bond donors (Lipinski definition) is 0. The molecule has 1 aliphatic carbocycles. The minimum absolute atomic E-state index is 0.190. The highest BCUT2D eigenvalue weighted by molar-refractivity contribution is 5.86. The van der Waals surface area contributed by atoms with Crippen molar-refractivity contribution in [3.05, 3.63) is 77.9 Å². The Kier molecular flexibility index (Phi) is 4.29. The quantitative estimate of drug-likeness (QED) is 0.622. The molecule has 2 aliphatic heterocycles. The van der Waals surface area contributed by atoms with Crippen LogP contribution in [0.4, 0.5) is 5.69 Å². The largest absolute Gasteiger partial charge is 0.368 e. The highest BCUT2D eigenvalue weighted by Gasteiger charge is 2.46. The van der Waals surface area contributed by atoms with Crippen LogP contribution in [0, 0.1) is 5.92 Å². The van der Waals surface area contributed by atoms with Gasteiger partial charge in [-0.3, -0.25) is 4.79 Å². The predicted octanol–water partition coefficient (Wildman–Crippen LogP) is 5.00. The molecule has 3 aromatic carbocycles. The van der Waals surface area contributed by atoms with Crippen LogP contribution in [-0.4, -0.2) is 36.5 Å². The minimum atomic E-state index is 0.190. The third-order valence-electron chi connectivity index (χ3n) is 7.45. The van der Waals surface area contributed by atoms with Crippen LogP contribution in [0.15, 0.2) is 66.7 Å². The Balaban J connectivity index is 1.09. The van der Waals surface area contributed by atoms with E-state index < -0.39 is 0 Å². The van der Waals surface area contributed by atoms with E-state index in [-0.39, 0.29) is 5.92 Å². The molecule has 6 rings (SSSR count). The topological polar surface area (TPSA) is 23.6 Å². The van der Waals surface area contributed by atoms with E-state index >= 15 is 0 Å². The highest BCUT2D eigenvalue weighted by Crippen LogP contribution is 2.49. The monoisotopic (exact) mass is 396 g/mol. The van der Waals surface area contributed by atoms with E-state index in [9.17, 15) is 4.79 Å². The number of piperidine rings is 1. The fourth-order valence-corrected chi connectivity index (χ4v) is 5.65. The summed E-state index contributed by atoms with van der Waals surface area (Å²) in [6.07, 6.45) is 4.35. The summed E-state index contributed by atoms with van der Waals surface area (Å²) in [7, 11) is 0. The molecule has 0 N–H and O–H groups in total. The molecule has 0 aromatic heterocycles. The fraction of sp³-hybridized carbons (Fsp3) is 0.370. The Morgan fingerprint density at radius 3 is 2.47 bits per heavy atom. The molecule has 3 heteroatoms. The molecule has 1 amide bonds. The average molecular weight is 397 g/mol. The number of nitrogens with zero attached hydrogens (tertiary/aromatic N) is 2. The van der Waals surface area contributed by atoms with Crippen LogP contribution in [0.2, 0.25) is 0 Å². The summed E-state index contributed by atoms with van der Waals surface area (Å²) in [5.74, 6) is 0.981. The zero-order valence-electron chi connectivity index (χ0n) is 17.3. The number of rotatable bonds is 3. The van der Waals surface area contributed by atoms with Gasteiger partial charge in [-0.15, -0.1) is 0 Å². The minimum Gasteiger partial charge on any atom is -0.368 e. The summed E-state index contributed by atoms with van der Waals surface area (Å²) >= 11 is 0. The lowest BCUT2D eigenvalue weighted by Crippen LogP contribution is -2.47. The van der Waals surface area contributed by atoms with E-state index in [1.807, 2.05) is 0 Å². The van der Waals surface area contributed by atoms with Crippen LogP contribution in [0.5, 0.6) is 0 Å². The van der Waals surface area contributed by atoms with Gasteiger partial charge >= 0.3 is 0 Å². The van der Waals surface area contributed by atoms with Gasteiger partial charge in [-0.1, -0.05) is 60.7 Å². The number of carbonyl (C=O) groups excluding carboxylic acids is 1. The lowest BCUT2D eigenvalue weighted by molar-refractivity contribution is -0.133. The third-order valence-corrected chi connectivity index (χ3v) is 7.45. The van der Waals surface area contributed by atoms with Gasteiger partial charge in [-0.05, 0) is 59.6 Å².